The lowest BCUT2D eigenvalue weighted by atomic mass is 10.0. The summed E-state index contributed by atoms with van der Waals surface area (Å²) in [5.74, 6) is -1.19. The summed E-state index contributed by atoms with van der Waals surface area (Å²) < 4.78 is 50.7. The topological polar surface area (TPSA) is 95.6 Å². The first kappa shape index (κ1) is 19.7. The summed E-state index contributed by atoms with van der Waals surface area (Å²) in [6.07, 6.45) is 0.865. The Bertz CT molecular complexity index is 1010. The van der Waals surface area contributed by atoms with Crippen LogP contribution in [0.15, 0.2) is 30.9 Å². The zero-order chi connectivity index (χ0) is 20.5. The molecule has 3 heterocycles. The normalized spacial score (nSPS) is 12.4. The van der Waals surface area contributed by atoms with Gasteiger partial charge in [0.15, 0.2) is 5.82 Å². The number of nitrogens with zero attached hydrogens (tertiary/aromatic N) is 3. The first-order chi connectivity index (χ1) is 13.0. The second-order valence-electron chi connectivity index (χ2n) is 6.59. The Morgan fingerprint density at radius 1 is 1.21 bits per heavy atom. The number of anilines is 1. The van der Waals surface area contributed by atoms with Crippen molar-refractivity contribution in [3.8, 4) is 11.3 Å². The third-order valence-corrected chi connectivity index (χ3v) is 3.95. The number of pyridine rings is 1. The molecule has 3 aromatic heterocycles. The van der Waals surface area contributed by atoms with E-state index in [-0.39, 0.29) is 5.82 Å². The summed E-state index contributed by atoms with van der Waals surface area (Å²) in [5.41, 5.74) is -0.205. The molecule has 0 radical (unpaired) electrons. The van der Waals surface area contributed by atoms with Crippen LogP contribution in [0.3, 0.4) is 0 Å². The molecule has 0 aliphatic rings. The molecular weight excluding hydrogens is 380 g/mol. The Morgan fingerprint density at radius 2 is 1.96 bits per heavy atom. The minimum atomic E-state index is -4.45. The number of hydrogen-bond acceptors (Lipinski definition) is 5. The third kappa shape index (κ3) is 4.42. The fourth-order valence-corrected chi connectivity index (χ4v) is 2.42. The number of rotatable bonds is 5. The molecule has 0 unspecified atom stereocenters. The Kier molecular flexibility index (Phi) is 5.02. The zero-order valence-electron chi connectivity index (χ0n) is 14.9. The van der Waals surface area contributed by atoms with Crippen molar-refractivity contribution in [3.05, 3.63) is 36.7 Å². The number of H-pyrrole nitrogens is 1. The molecule has 28 heavy (non-hydrogen) atoms. The summed E-state index contributed by atoms with van der Waals surface area (Å²) in [5, 5.41) is 5.07. The van der Waals surface area contributed by atoms with Gasteiger partial charge in [-0.05, 0) is 19.9 Å². The largest absolute Gasteiger partial charge is 0.401 e. The van der Waals surface area contributed by atoms with Crippen LogP contribution in [0.1, 0.15) is 13.8 Å². The molecular formula is C17H16F4N6O. The van der Waals surface area contributed by atoms with E-state index in [4.69, 9.17) is 0 Å². The Balaban J connectivity index is 1.81. The number of nitrogens with one attached hydrogen (secondary N) is 3. The van der Waals surface area contributed by atoms with Crippen molar-refractivity contribution in [1.82, 2.24) is 25.3 Å². The van der Waals surface area contributed by atoms with Crippen molar-refractivity contribution in [2.75, 3.05) is 11.9 Å². The van der Waals surface area contributed by atoms with Gasteiger partial charge in [-0.25, -0.2) is 14.4 Å². The fraction of sp³-hybridized carbons (Fsp3) is 0.294. The maximum Gasteiger partial charge on any atom is 0.401 e. The third-order valence-electron chi connectivity index (χ3n) is 3.95. The Morgan fingerprint density at radius 3 is 2.68 bits per heavy atom. The van der Waals surface area contributed by atoms with Gasteiger partial charge < -0.3 is 10.3 Å². The summed E-state index contributed by atoms with van der Waals surface area (Å²) in [7, 11) is 0. The number of amides is 1. The molecule has 0 fully saturated rings. The number of hydrogen-bond donors (Lipinski definition) is 3. The van der Waals surface area contributed by atoms with E-state index >= 15 is 0 Å². The van der Waals surface area contributed by atoms with Gasteiger partial charge in [0.25, 0.3) is 0 Å². The van der Waals surface area contributed by atoms with Crippen molar-refractivity contribution in [2.24, 2.45) is 0 Å². The molecule has 3 N–H and O–H groups in total. The van der Waals surface area contributed by atoms with Crippen LogP contribution in [0.4, 0.5) is 23.4 Å². The van der Waals surface area contributed by atoms with Gasteiger partial charge in [0.1, 0.15) is 11.5 Å². The molecule has 1 amide bonds. The average molecular weight is 396 g/mol. The molecule has 3 rings (SSSR count). The van der Waals surface area contributed by atoms with E-state index in [9.17, 15) is 22.4 Å². The number of aromatic amines is 1. The number of aromatic nitrogens is 4. The summed E-state index contributed by atoms with van der Waals surface area (Å²) >= 11 is 0. The van der Waals surface area contributed by atoms with E-state index in [0.29, 0.717) is 22.3 Å². The number of fused-ring (bicyclic) bond motifs is 1. The van der Waals surface area contributed by atoms with Crippen LogP contribution in [0.2, 0.25) is 0 Å². The highest BCUT2D eigenvalue weighted by Crippen LogP contribution is 2.27. The summed E-state index contributed by atoms with van der Waals surface area (Å²) in [4.78, 5) is 27.4. The van der Waals surface area contributed by atoms with Crippen LogP contribution >= 0.6 is 0 Å². The standard InChI is InChI=1S/C17H16F4N6O/c1-16(2,25-8-17(19,20)21)15(28)27-13-7-22-6-12(26-13)11-5-24-14-10(11)3-9(18)4-23-14/h3-7,25H,8H2,1-2H3,(H,23,24)(H,26,27,28). The van der Waals surface area contributed by atoms with Crippen molar-refractivity contribution in [2.45, 2.75) is 25.6 Å². The summed E-state index contributed by atoms with van der Waals surface area (Å²) in [6.45, 7) is 1.33. The van der Waals surface area contributed by atoms with Crippen molar-refractivity contribution in [3.63, 3.8) is 0 Å². The van der Waals surface area contributed by atoms with Crippen LogP contribution in [0.25, 0.3) is 22.3 Å². The zero-order valence-corrected chi connectivity index (χ0v) is 14.9. The van der Waals surface area contributed by atoms with E-state index in [1.807, 2.05) is 0 Å². The van der Waals surface area contributed by atoms with E-state index in [1.54, 1.807) is 6.20 Å². The molecule has 0 saturated carbocycles. The maximum atomic E-state index is 13.5. The molecule has 0 saturated heterocycles. The molecule has 11 heteroatoms. The molecule has 0 aliphatic heterocycles. The molecule has 0 atom stereocenters. The van der Waals surface area contributed by atoms with E-state index in [0.717, 1.165) is 6.20 Å². The lowest BCUT2D eigenvalue weighted by Gasteiger charge is -2.25. The van der Waals surface area contributed by atoms with Crippen molar-refractivity contribution < 1.29 is 22.4 Å². The minimum Gasteiger partial charge on any atom is -0.345 e. The maximum absolute atomic E-state index is 13.5. The van der Waals surface area contributed by atoms with E-state index in [2.05, 4.69) is 30.6 Å². The van der Waals surface area contributed by atoms with E-state index in [1.165, 1.54) is 32.3 Å². The van der Waals surface area contributed by atoms with Crippen LogP contribution in [0.5, 0.6) is 0 Å². The lowest BCUT2D eigenvalue weighted by molar-refractivity contribution is -0.133. The summed E-state index contributed by atoms with van der Waals surface area (Å²) in [6, 6.07) is 1.28. The molecule has 0 bridgehead atoms. The second kappa shape index (κ2) is 7.15. The number of alkyl halides is 3. The Hall–Kier alpha value is -3.08. The highest BCUT2D eigenvalue weighted by molar-refractivity contribution is 5.97. The van der Waals surface area contributed by atoms with Gasteiger partial charge in [0, 0.05) is 17.1 Å². The predicted molar refractivity (Wildman–Crippen MR) is 93.8 cm³/mol. The molecule has 148 valence electrons. The van der Waals surface area contributed by atoms with Crippen LogP contribution < -0.4 is 10.6 Å². The number of halogens is 4. The van der Waals surface area contributed by atoms with Crippen molar-refractivity contribution >= 4 is 22.8 Å². The number of carbonyl (C=O) groups excluding carboxylic acids is 1. The van der Waals surface area contributed by atoms with Gasteiger partial charge in [0.2, 0.25) is 5.91 Å². The van der Waals surface area contributed by atoms with Crippen LogP contribution in [-0.2, 0) is 4.79 Å². The first-order valence-electron chi connectivity index (χ1n) is 8.13. The molecule has 0 spiro atoms. The minimum absolute atomic E-state index is 0.0445. The van der Waals surface area contributed by atoms with E-state index < -0.39 is 30.0 Å². The highest BCUT2D eigenvalue weighted by atomic mass is 19.4. The van der Waals surface area contributed by atoms with Gasteiger partial charge in [-0.15, -0.1) is 0 Å². The van der Waals surface area contributed by atoms with Crippen LogP contribution in [-0.4, -0.2) is 44.1 Å². The first-order valence-corrected chi connectivity index (χ1v) is 8.13. The monoisotopic (exact) mass is 396 g/mol. The Labute approximate surface area is 156 Å². The molecule has 7 nitrogen and oxygen atoms in total. The highest BCUT2D eigenvalue weighted by Gasteiger charge is 2.34. The second-order valence-corrected chi connectivity index (χ2v) is 6.59. The molecule has 3 aromatic rings. The van der Waals surface area contributed by atoms with Gasteiger partial charge in [0.05, 0.1) is 36.4 Å². The molecule has 0 aliphatic carbocycles. The van der Waals surface area contributed by atoms with Gasteiger partial charge >= 0.3 is 6.18 Å². The van der Waals surface area contributed by atoms with Crippen molar-refractivity contribution in [1.29, 1.82) is 0 Å². The van der Waals surface area contributed by atoms with Gasteiger partial charge in [-0.1, -0.05) is 0 Å². The quantitative estimate of drug-likeness (QED) is 0.576. The van der Waals surface area contributed by atoms with Crippen LogP contribution in [0, 0.1) is 5.82 Å². The predicted octanol–water partition coefficient (Wildman–Crippen LogP) is 3.03. The lowest BCUT2D eigenvalue weighted by Crippen LogP contribution is -2.52. The van der Waals surface area contributed by atoms with Gasteiger partial charge in [-0.3, -0.25) is 15.1 Å². The van der Waals surface area contributed by atoms with Gasteiger partial charge in [-0.2, -0.15) is 13.2 Å². The smallest absolute Gasteiger partial charge is 0.345 e. The SMILES string of the molecule is CC(C)(NCC(F)(F)F)C(=O)Nc1cncc(-c2c[nH]c3ncc(F)cc23)n1. The fourth-order valence-electron chi connectivity index (χ4n) is 2.42. The average Bonchev–Trinajstić information content (AvgIpc) is 3.03. The number of carbonyl (C=O) groups is 1. The molecule has 0 aromatic carbocycles.